The van der Waals surface area contributed by atoms with Crippen molar-refractivity contribution in [2.45, 2.75) is 6.61 Å². The number of anilines is 1. The zero-order valence-corrected chi connectivity index (χ0v) is 20.3. The summed E-state index contributed by atoms with van der Waals surface area (Å²) in [5.41, 5.74) is 1.79. The van der Waals surface area contributed by atoms with E-state index < -0.39 is 11.1 Å². The second-order valence-electron chi connectivity index (χ2n) is 6.91. The van der Waals surface area contributed by atoms with E-state index in [0.717, 1.165) is 22.2 Å². The lowest BCUT2D eigenvalue weighted by molar-refractivity contribution is -0.113. The lowest BCUT2D eigenvalue weighted by Gasteiger charge is -2.14. The van der Waals surface area contributed by atoms with Gasteiger partial charge < -0.3 is 9.47 Å². The Balaban J connectivity index is 1.59. The molecule has 1 heterocycles. The highest BCUT2D eigenvalue weighted by Gasteiger charge is 2.36. The molecule has 168 valence electrons. The summed E-state index contributed by atoms with van der Waals surface area (Å²) in [4.78, 5) is 26.7. The molecule has 0 spiro atoms. The van der Waals surface area contributed by atoms with Gasteiger partial charge >= 0.3 is 0 Å². The van der Waals surface area contributed by atoms with Crippen molar-refractivity contribution in [2.75, 3.05) is 12.0 Å². The predicted molar refractivity (Wildman–Crippen MR) is 134 cm³/mol. The largest absolute Gasteiger partial charge is 0.493 e. The Morgan fingerprint density at radius 2 is 1.76 bits per heavy atom. The molecule has 0 N–H and O–H groups in total. The quantitative estimate of drug-likeness (QED) is 0.315. The van der Waals surface area contributed by atoms with Crippen LogP contribution in [0.3, 0.4) is 0 Å². The van der Waals surface area contributed by atoms with Crippen molar-refractivity contribution >= 4 is 69.5 Å². The van der Waals surface area contributed by atoms with E-state index in [1.54, 1.807) is 48.5 Å². The van der Waals surface area contributed by atoms with Crippen molar-refractivity contribution in [1.82, 2.24) is 0 Å². The van der Waals surface area contributed by atoms with E-state index in [4.69, 9.17) is 44.3 Å². The maximum Gasteiger partial charge on any atom is 0.298 e. The summed E-state index contributed by atoms with van der Waals surface area (Å²) < 4.78 is 11.3. The average molecular weight is 521 g/mol. The fourth-order valence-electron chi connectivity index (χ4n) is 3.19. The number of methoxy groups -OCH3 is 1. The number of rotatable bonds is 6. The Kier molecular flexibility index (Phi) is 7.20. The maximum atomic E-state index is 12.9. The van der Waals surface area contributed by atoms with Crippen LogP contribution in [0, 0.1) is 0 Å². The van der Waals surface area contributed by atoms with Gasteiger partial charge in [-0.3, -0.25) is 9.59 Å². The van der Waals surface area contributed by atoms with Gasteiger partial charge in [0.2, 0.25) is 0 Å². The molecule has 0 radical (unpaired) electrons. The van der Waals surface area contributed by atoms with Gasteiger partial charge in [-0.1, -0.05) is 59.1 Å². The molecule has 0 unspecified atom stereocenters. The molecule has 1 saturated heterocycles. The van der Waals surface area contributed by atoms with Crippen LogP contribution in [0.15, 0.2) is 65.6 Å². The summed E-state index contributed by atoms with van der Waals surface area (Å²) in [6.45, 7) is 0.202. The number of carbonyl (C=O) groups excluding carboxylic acids is 2. The Morgan fingerprint density at radius 3 is 2.48 bits per heavy atom. The van der Waals surface area contributed by atoms with Gasteiger partial charge in [-0.2, -0.15) is 0 Å². The molecule has 5 nitrogen and oxygen atoms in total. The zero-order valence-electron chi connectivity index (χ0n) is 17.2. The smallest absolute Gasteiger partial charge is 0.298 e. The molecule has 0 aromatic heterocycles. The molecule has 3 aromatic carbocycles. The Bertz CT molecular complexity index is 1280. The topological polar surface area (TPSA) is 55.8 Å². The van der Waals surface area contributed by atoms with Gasteiger partial charge in [-0.15, -0.1) is 0 Å². The Hall–Kier alpha value is -2.64. The minimum atomic E-state index is -0.443. The molecule has 1 fully saturated rings. The lowest BCUT2D eigenvalue weighted by atomic mass is 10.1. The van der Waals surface area contributed by atoms with Crippen LogP contribution in [0.2, 0.25) is 15.1 Å². The first-order valence-corrected chi connectivity index (χ1v) is 11.6. The normalized spacial score (nSPS) is 14.8. The number of carbonyl (C=O) groups is 2. The molecule has 1 aliphatic heterocycles. The number of imide groups is 1. The third-order valence-corrected chi connectivity index (χ3v) is 6.49. The predicted octanol–water partition coefficient (Wildman–Crippen LogP) is 7.48. The molecular weight excluding hydrogens is 505 g/mol. The van der Waals surface area contributed by atoms with Crippen LogP contribution in [0.5, 0.6) is 11.5 Å². The van der Waals surface area contributed by atoms with Crippen molar-refractivity contribution in [3.05, 3.63) is 91.8 Å². The number of ether oxygens (including phenoxy) is 2. The highest BCUT2D eigenvalue weighted by atomic mass is 35.5. The van der Waals surface area contributed by atoms with Crippen molar-refractivity contribution in [1.29, 1.82) is 0 Å². The number of thioether (sulfide) groups is 1. The first-order valence-electron chi connectivity index (χ1n) is 9.64. The third-order valence-electron chi connectivity index (χ3n) is 4.74. The zero-order chi connectivity index (χ0) is 23.5. The van der Waals surface area contributed by atoms with Crippen LogP contribution in [0.1, 0.15) is 11.1 Å². The average Bonchev–Trinajstić information content (AvgIpc) is 3.06. The fourth-order valence-corrected chi connectivity index (χ4v) is 4.68. The monoisotopic (exact) mass is 519 g/mol. The second-order valence-corrected chi connectivity index (χ2v) is 9.16. The number of halogens is 3. The minimum Gasteiger partial charge on any atom is -0.493 e. The van der Waals surface area contributed by atoms with Crippen molar-refractivity contribution < 1.29 is 19.1 Å². The number of hydrogen-bond donors (Lipinski definition) is 0. The molecule has 0 saturated carbocycles. The fraction of sp³-hybridized carbons (Fsp3) is 0.0833. The highest BCUT2D eigenvalue weighted by Crippen LogP contribution is 2.40. The van der Waals surface area contributed by atoms with E-state index >= 15 is 0 Å². The molecule has 9 heteroatoms. The Morgan fingerprint density at radius 1 is 0.970 bits per heavy atom. The molecule has 0 atom stereocenters. The highest BCUT2D eigenvalue weighted by molar-refractivity contribution is 8.19. The van der Waals surface area contributed by atoms with Crippen molar-refractivity contribution in [3.8, 4) is 11.5 Å². The standard InChI is InChI=1S/C24H16Cl3NO4S/c1-31-20-10-14(9-19(27)22(20)32-13-15-5-2-3-8-18(15)26)11-21-23(29)28(24(30)33-21)17-7-4-6-16(25)12-17/h2-12H,13H2,1H3/b21-11+. The first-order chi connectivity index (χ1) is 15.9. The van der Waals surface area contributed by atoms with Crippen molar-refractivity contribution in [2.24, 2.45) is 0 Å². The minimum absolute atomic E-state index is 0.202. The summed E-state index contributed by atoms with van der Waals surface area (Å²) >= 11 is 19.5. The van der Waals surface area contributed by atoms with Crippen LogP contribution in [0.4, 0.5) is 10.5 Å². The van der Waals surface area contributed by atoms with E-state index in [-0.39, 0.29) is 11.5 Å². The van der Waals surface area contributed by atoms with Gasteiger partial charge in [0, 0.05) is 15.6 Å². The van der Waals surface area contributed by atoms with Gasteiger partial charge in [0.15, 0.2) is 11.5 Å². The number of amides is 2. The van der Waals surface area contributed by atoms with E-state index in [0.29, 0.717) is 37.8 Å². The van der Waals surface area contributed by atoms with Gasteiger partial charge in [0.05, 0.1) is 22.7 Å². The van der Waals surface area contributed by atoms with E-state index in [1.807, 2.05) is 18.2 Å². The summed E-state index contributed by atoms with van der Waals surface area (Å²) in [5.74, 6) is 0.291. The van der Waals surface area contributed by atoms with Gasteiger partial charge in [-0.05, 0) is 59.8 Å². The summed E-state index contributed by atoms with van der Waals surface area (Å²) in [6.07, 6.45) is 1.59. The molecule has 0 bridgehead atoms. The van der Waals surface area contributed by atoms with Crippen LogP contribution < -0.4 is 14.4 Å². The van der Waals surface area contributed by atoms with Crippen LogP contribution in [0.25, 0.3) is 6.08 Å². The summed E-state index contributed by atoms with van der Waals surface area (Å²) in [5, 5.41) is 0.895. The summed E-state index contributed by atoms with van der Waals surface area (Å²) in [6, 6.07) is 17.2. The second kappa shape index (κ2) is 10.1. The van der Waals surface area contributed by atoms with Crippen LogP contribution in [-0.2, 0) is 11.4 Å². The van der Waals surface area contributed by atoms with Crippen LogP contribution >= 0.6 is 46.6 Å². The third kappa shape index (κ3) is 5.14. The molecule has 33 heavy (non-hydrogen) atoms. The maximum absolute atomic E-state index is 12.9. The molecular formula is C24H16Cl3NO4S. The summed E-state index contributed by atoms with van der Waals surface area (Å²) in [7, 11) is 1.49. The molecule has 1 aliphatic rings. The van der Waals surface area contributed by atoms with Gasteiger partial charge in [0.1, 0.15) is 6.61 Å². The lowest BCUT2D eigenvalue weighted by Crippen LogP contribution is -2.27. The first kappa shape index (κ1) is 23.5. The molecule has 4 rings (SSSR count). The Labute approximate surface area is 209 Å². The van der Waals surface area contributed by atoms with Gasteiger partial charge in [0.25, 0.3) is 11.1 Å². The SMILES string of the molecule is COc1cc(/C=C2/SC(=O)N(c3cccc(Cl)c3)C2=O)cc(Cl)c1OCc1ccccc1Cl. The number of hydrogen-bond acceptors (Lipinski definition) is 5. The number of nitrogens with zero attached hydrogens (tertiary/aromatic N) is 1. The van der Waals surface area contributed by atoms with E-state index in [9.17, 15) is 9.59 Å². The van der Waals surface area contributed by atoms with Crippen LogP contribution in [-0.4, -0.2) is 18.3 Å². The van der Waals surface area contributed by atoms with Crippen molar-refractivity contribution in [3.63, 3.8) is 0 Å². The van der Waals surface area contributed by atoms with E-state index in [1.165, 1.54) is 7.11 Å². The molecule has 3 aromatic rings. The van der Waals surface area contributed by atoms with Gasteiger partial charge in [-0.25, -0.2) is 4.90 Å². The number of benzene rings is 3. The molecule has 0 aliphatic carbocycles. The van der Waals surface area contributed by atoms with E-state index in [2.05, 4.69) is 0 Å². The molecule has 2 amide bonds.